The number of morpholine rings is 1. The second-order valence-electron chi connectivity index (χ2n) is 9.28. The van der Waals surface area contributed by atoms with Gasteiger partial charge in [0.2, 0.25) is 0 Å². The number of rotatable bonds is 11. The second-order valence-corrected chi connectivity index (χ2v) is 9.28. The van der Waals surface area contributed by atoms with E-state index in [2.05, 4.69) is 16.0 Å². The zero-order valence-corrected chi connectivity index (χ0v) is 22.0. The van der Waals surface area contributed by atoms with Crippen molar-refractivity contribution in [2.75, 3.05) is 50.5 Å². The number of hydrogen-bond acceptors (Lipinski definition) is 8. The molecular formula is C30H32N4O6. The van der Waals surface area contributed by atoms with Crippen molar-refractivity contribution in [3.63, 3.8) is 0 Å². The summed E-state index contributed by atoms with van der Waals surface area (Å²) in [5.41, 5.74) is 7.98. The summed E-state index contributed by atoms with van der Waals surface area (Å²) in [5, 5.41) is 9.63. The van der Waals surface area contributed by atoms with Crippen LogP contribution in [0.1, 0.15) is 27.3 Å². The maximum atomic E-state index is 12.7. The largest absolute Gasteiger partial charge is 0.493 e. The summed E-state index contributed by atoms with van der Waals surface area (Å²) in [7, 11) is 0. The minimum Gasteiger partial charge on any atom is -0.493 e. The Morgan fingerprint density at radius 3 is 2.62 bits per heavy atom. The molecule has 1 aliphatic heterocycles. The van der Waals surface area contributed by atoms with Crippen LogP contribution in [0.15, 0.2) is 77.2 Å². The Hall–Kier alpha value is -4.54. The van der Waals surface area contributed by atoms with E-state index in [0.29, 0.717) is 47.2 Å². The van der Waals surface area contributed by atoms with Gasteiger partial charge < -0.3 is 40.3 Å². The number of fused-ring (bicyclic) bond motifs is 1. The molecule has 0 aliphatic carbocycles. The molecule has 10 nitrogen and oxygen atoms in total. The smallest absolute Gasteiger partial charge is 0.287 e. The third-order valence-electron chi connectivity index (χ3n) is 6.43. The van der Waals surface area contributed by atoms with Crippen molar-refractivity contribution < 1.29 is 28.2 Å². The second kappa shape index (κ2) is 13.0. The third-order valence-corrected chi connectivity index (χ3v) is 6.43. The standard InChI is InChI=1S/C30H32N4O6/c31-24-4-1-2-5-25(24)34-29(35)20-8-10-21(11-9-20)37-17-14-33-30(36)28-18-23-26(6-3-7-27(23)40-28)39-15-12-22-19-32-13-16-38-22/h1-11,18,22,32H,12-17,19,31H2,(H,33,36)(H,34,35). The monoisotopic (exact) mass is 544 g/mol. The molecule has 2 heterocycles. The van der Waals surface area contributed by atoms with Crippen molar-refractivity contribution in [2.24, 2.45) is 0 Å². The van der Waals surface area contributed by atoms with Crippen LogP contribution < -0.4 is 31.2 Å². The van der Waals surface area contributed by atoms with Gasteiger partial charge in [-0.2, -0.15) is 0 Å². The van der Waals surface area contributed by atoms with Crippen LogP contribution in [-0.4, -0.2) is 57.4 Å². The highest BCUT2D eigenvalue weighted by atomic mass is 16.5. The fraction of sp³-hybridized carbons (Fsp3) is 0.267. The summed E-state index contributed by atoms with van der Waals surface area (Å²) in [6, 6.07) is 21.0. The van der Waals surface area contributed by atoms with E-state index in [1.165, 1.54) is 0 Å². The maximum Gasteiger partial charge on any atom is 0.287 e. The molecule has 0 bridgehead atoms. The zero-order chi connectivity index (χ0) is 27.7. The van der Waals surface area contributed by atoms with Crippen LogP contribution in [0.2, 0.25) is 0 Å². The van der Waals surface area contributed by atoms with Gasteiger partial charge in [0.1, 0.15) is 23.7 Å². The van der Waals surface area contributed by atoms with E-state index in [4.69, 9.17) is 24.4 Å². The quantitative estimate of drug-likeness (QED) is 0.165. The van der Waals surface area contributed by atoms with E-state index in [9.17, 15) is 9.59 Å². The molecule has 40 heavy (non-hydrogen) atoms. The Bertz CT molecular complexity index is 1450. The van der Waals surface area contributed by atoms with Gasteiger partial charge in [-0.05, 0) is 48.5 Å². The summed E-state index contributed by atoms with van der Waals surface area (Å²) >= 11 is 0. The SMILES string of the molecule is Nc1ccccc1NC(=O)c1ccc(OCCNC(=O)c2cc3c(OCCC4CNCCO4)cccc3o2)cc1. The summed E-state index contributed by atoms with van der Waals surface area (Å²) in [5.74, 6) is 0.813. The highest BCUT2D eigenvalue weighted by Crippen LogP contribution is 2.29. The first kappa shape index (κ1) is 27.0. The summed E-state index contributed by atoms with van der Waals surface area (Å²) < 4.78 is 23.1. The van der Waals surface area contributed by atoms with Crippen molar-refractivity contribution in [1.29, 1.82) is 0 Å². The molecule has 4 aromatic rings. The van der Waals surface area contributed by atoms with Crippen molar-refractivity contribution in [1.82, 2.24) is 10.6 Å². The number of carbonyl (C=O) groups excluding carboxylic acids is 2. The first-order chi connectivity index (χ1) is 19.6. The minimum absolute atomic E-state index is 0.137. The molecule has 10 heteroatoms. The van der Waals surface area contributed by atoms with E-state index in [1.54, 1.807) is 60.7 Å². The Morgan fingerprint density at radius 2 is 1.82 bits per heavy atom. The van der Waals surface area contributed by atoms with Gasteiger partial charge in [-0.3, -0.25) is 9.59 Å². The van der Waals surface area contributed by atoms with Crippen LogP contribution >= 0.6 is 0 Å². The van der Waals surface area contributed by atoms with Crippen LogP contribution in [0.3, 0.4) is 0 Å². The number of nitrogens with two attached hydrogens (primary N) is 1. The number of hydrogen-bond donors (Lipinski definition) is 4. The van der Waals surface area contributed by atoms with E-state index in [0.717, 1.165) is 24.9 Å². The molecule has 3 aromatic carbocycles. The van der Waals surface area contributed by atoms with E-state index in [-0.39, 0.29) is 36.8 Å². The zero-order valence-electron chi connectivity index (χ0n) is 22.0. The molecular weight excluding hydrogens is 512 g/mol. The molecule has 1 saturated heterocycles. The molecule has 0 saturated carbocycles. The lowest BCUT2D eigenvalue weighted by molar-refractivity contribution is 0.0160. The van der Waals surface area contributed by atoms with Gasteiger partial charge in [0.05, 0.1) is 42.6 Å². The molecule has 2 amide bonds. The lowest BCUT2D eigenvalue weighted by Gasteiger charge is -2.23. The van der Waals surface area contributed by atoms with Crippen molar-refractivity contribution >= 4 is 34.2 Å². The summed E-state index contributed by atoms with van der Waals surface area (Å²) in [6.07, 6.45) is 0.908. The Balaban J connectivity index is 1.07. The number of anilines is 2. The molecule has 1 fully saturated rings. The number of furan rings is 1. The number of amides is 2. The van der Waals surface area contributed by atoms with E-state index in [1.807, 2.05) is 12.1 Å². The molecule has 1 aliphatic rings. The van der Waals surface area contributed by atoms with Crippen LogP contribution in [-0.2, 0) is 4.74 Å². The number of para-hydroxylation sites is 2. The predicted octanol–water partition coefficient (Wildman–Crippen LogP) is 3.83. The van der Waals surface area contributed by atoms with Crippen molar-refractivity contribution in [3.8, 4) is 11.5 Å². The highest BCUT2D eigenvalue weighted by molar-refractivity contribution is 6.05. The molecule has 5 rings (SSSR count). The van der Waals surface area contributed by atoms with Gasteiger partial charge in [-0.1, -0.05) is 18.2 Å². The normalized spacial score (nSPS) is 14.9. The lowest BCUT2D eigenvalue weighted by atomic mass is 10.2. The third kappa shape index (κ3) is 6.90. The fourth-order valence-corrected chi connectivity index (χ4v) is 4.31. The van der Waals surface area contributed by atoms with E-state index >= 15 is 0 Å². The van der Waals surface area contributed by atoms with Crippen LogP contribution in [0.4, 0.5) is 11.4 Å². The minimum atomic E-state index is -0.348. The fourth-order valence-electron chi connectivity index (χ4n) is 4.31. The van der Waals surface area contributed by atoms with Gasteiger partial charge in [0.15, 0.2) is 5.76 Å². The van der Waals surface area contributed by atoms with Crippen LogP contribution in [0.5, 0.6) is 11.5 Å². The first-order valence-corrected chi connectivity index (χ1v) is 13.2. The molecule has 5 N–H and O–H groups in total. The van der Waals surface area contributed by atoms with Gasteiger partial charge >= 0.3 is 0 Å². The molecule has 1 atom stereocenters. The average Bonchev–Trinajstić information content (AvgIpc) is 3.43. The van der Waals surface area contributed by atoms with Crippen molar-refractivity contribution in [3.05, 3.63) is 84.1 Å². The van der Waals surface area contributed by atoms with Crippen molar-refractivity contribution in [2.45, 2.75) is 12.5 Å². The number of nitrogen functional groups attached to an aromatic ring is 1. The maximum absolute atomic E-state index is 12.7. The average molecular weight is 545 g/mol. The highest BCUT2D eigenvalue weighted by Gasteiger charge is 2.17. The van der Waals surface area contributed by atoms with Gasteiger partial charge in [-0.15, -0.1) is 0 Å². The topological polar surface area (TPSA) is 137 Å². The van der Waals surface area contributed by atoms with Crippen LogP contribution in [0, 0.1) is 0 Å². The summed E-state index contributed by atoms with van der Waals surface area (Å²) in [6.45, 7) is 3.42. The number of ether oxygens (including phenoxy) is 3. The number of carbonyl (C=O) groups is 2. The number of nitrogens with one attached hydrogen (secondary N) is 3. The Labute approximate surface area is 231 Å². The Kier molecular flexibility index (Phi) is 8.79. The van der Waals surface area contributed by atoms with Gasteiger partial charge in [0.25, 0.3) is 11.8 Å². The number of benzene rings is 3. The molecule has 0 radical (unpaired) electrons. The summed E-state index contributed by atoms with van der Waals surface area (Å²) in [4.78, 5) is 25.1. The van der Waals surface area contributed by atoms with Gasteiger partial charge in [-0.25, -0.2) is 0 Å². The van der Waals surface area contributed by atoms with Crippen LogP contribution in [0.25, 0.3) is 11.0 Å². The predicted molar refractivity (Wildman–Crippen MR) is 152 cm³/mol. The Morgan fingerprint density at radius 1 is 0.975 bits per heavy atom. The molecule has 208 valence electrons. The molecule has 1 unspecified atom stereocenters. The lowest BCUT2D eigenvalue weighted by Crippen LogP contribution is -2.39. The molecule has 1 aromatic heterocycles. The van der Waals surface area contributed by atoms with Gasteiger partial charge in [0, 0.05) is 31.1 Å². The molecule has 0 spiro atoms. The van der Waals surface area contributed by atoms with E-state index < -0.39 is 0 Å². The first-order valence-electron chi connectivity index (χ1n) is 13.2.